The van der Waals surface area contributed by atoms with Crippen LogP contribution in [0.25, 0.3) is 0 Å². The van der Waals surface area contributed by atoms with Crippen molar-refractivity contribution in [2.45, 2.75) is 13.3 Å². The van der Waals surface area contributed by atoms with E-state index in [9.17, 15) is 4.39 Å². The zero-order valence-electron chi connectivity index (χ0n) is 11.0. The molecule has 0 aliphatic heterocycles. The van der Waals surface area contributed by atoms with Crippen LogP contribution in [-0.4, -0.2) is 18.1 Å². The van der Waals surface area contributed by atoms with Gasteiger partial charge in [0.05, 0.1) is 23.8 Å². The fraction of sp³-hybridized carbons (Fsp3) is 0.267. The van der Waals surface area contributed by atoms with Gasteiger partial charge in [-0.15, -0.1) is 0 Å². The van der Waals surface area contributed by atoms with Gasteiger partial charge in [-0.1, -0.05) is 12.1 Å². The first-order valence-electron chi connectivity index (χ1n) is 6.45. The molecule has 1 heterocycles. The summed E-state index contributed by atoms with van der Waals surface area (Å²) in [5.74, 6) is -0.187. The van der Waals surface area contributed by atoms with Crippen molar-refractivity contribution in [1.29, 1.82) is 0 Å². The van der Waals surface area contributed by atoms with Gasteiger partial charge in [-0.2, -0.15) is 0 Å². The Bertz CT molecular complexity index is 528. The molecule has 2 rings (SSSR count). The third kappa shape index (κ3) is 4.25. The Hall–Kier alpha value is -2.10. The van der Waals surface area contributed by atoms with Gasteiger partial charge in [0.25, 0.3) is 0 Å². The molecule has 4 heteroatoms. The van der Waals surface area contributed by atoms with E-state index < -0.39 is 0 Å². The number of anilines is 2. The molecular weight excluding hydrogens is 241 g/mol. The van der Waals surface area contributed by atoms with E-state index in [1.807, 2.05) is 19.1 Å². The monoisotopic (exact) mass is 259 g/mol. The molecule has 100 valence electrons. The van der Waals surface area contributed by atoms with Gasteiger partial charge in [-0.05, 0) is 37.1 Å². The molecule has 2 aromatic rings. The van der Waals surface area contributed by atoms with Crippen molar-refractivity contribution in [2.24, 2.45) is 0 Å². The molecule has 0 saturated heterocycles. The van der Waals surface area contributed by atoms with Crippen molar-refractivity contribution in [3.8, 4) is 0 Å². The Morgan fingerprint density at radius 1 is 1.11 bits per heavy atom. The molecule has 0 radical (unpaired) electrons. The molecule has 0 atom stereocenters. The number of rotatable bonds is 6. The minimum atomic E-state index is -0.187. The maximum Gasteiger partial charge on any atom is 0.123 e. The predicted molar refractivity (Wildman–Crippen MR) is 77.0 cm³/mol. The summed E-state index contributed by atoms with van der Waals surface area (Å²) in [5.41, 5.74) is 2.96. The second-order valence-corrected chi connectivity index (χ2v) is 4.30. The maximum atomic E-state index is 13.0. The number of nitrogens with one attached hydrogen (secondary N) is 2. The van der Waals surface area contributed by atoms with Gasteiger partial charge in [-0.3, -0.25) is 4.98 Å². The summed E-state index contributed by atoms with van der Waals surface area (Å²) in [6.07, 6.45) is 4.36. The van der Waals surface area contributed by atoms with Crippen LogP contribution < -0.4 is 10.6 Å². The van der Waals surface area contributed by atoms with Crippen LogP contribution in [0.2, 0.25) is 0 Å². The molecule has 3 nitrogen and oxygen atoms in total. The number of hydrogen-bond donors (Lipinski definition) is 2. The van der Waals surface area contributed by atoms with Gasteiger partial charge >= 0.3 is 0 Å². The summed E-state index contributed by atoms with van der Waals surface area (Å²) in [7, 11) is 0. The lowest BCUT2D eigenvalue weighted by Gasteiger charge is -2.08. The van der Waals surface area contributed by atoms with Gasteiger partial charge in [0.15, 0.2) is 0 Å². The largest absolute Gasteiger partial charge is 0.384 e. The highest BCUT2D eigenvalue weighted by Crippen LogP contribution is 2.13. The molecule has 0 aliphatic carbocycles. The van der Waals surface area contributed by atoms with Crippen LogP contribution in [0, 0.1) is 5.82 Å². The molecule has 1 aromatic heterocycles. The summed E-state index contributed by atoms with van der Waals surface area (Å²) in [4.78, 5) is 4.16. The fourth-order valence-corrected chi connectivity index (χ4v) is 1.88. The van der Waals surface area contributed by atoms with E-state index >= 15 is 0 Å². The Labute approximate surface area is 112 Å². The Morgan fingerprint density at radius 3 is 2.63 bits per heavy atom. The molecule has 0 fully saturated rings. The van der Waals surface area contributed by atoms with Crippen LogP contribution >= 0.6 is 0 Å². The molecule has 0 saturated carbocycles. The van der Waals surface area contributed by atoms with E-state index in [1.165, 1.54) is 6.07 Å². The minimum Gasteiger partial charge on any atom is -0.384 e. The number of hydrogen-bond acceptors (Lipinski definition) is 3. The number of nitrogens with zero attached hydrogens (tertiary/aromatic N) is 1. The molecule has 0 spiro atoms. The topological polar surface area (TPSA) is 37.0 Å². The number of pyridine rings is 1. The van der Waals surface area contributed by atoms with Crippen molar-refractivity contribution >= 4 is 11.4 Å². The smallest absolute Gasteiger partial charge is 0.123 e. The second-order valence-electron chi connectivity index (χ2n) is 4.30. The molecule has 0 unspecified atom stereocenters. The first-order valence-corrected chi connectivity index (χ1v) is 6.45. The van der Waals surface area contributed by atoms with Gasteiger partial charge in [0, 0.05) is 13.1 Å². The van der Waals surface area contributed by atoms with Crippen LogP contribution in [0.3, 0.4) is 0 Å². The van der Waals surface area contributed by atoms with E-state index in [4.69, 9.17) is 0 Å². The van der Waals surface area contributed by atoms with Crippen LogP contribution in [0.5, 0.6) is 0 Å². The zero-order valence-corrected chi connectivity index (χ0v) is 11.0. The molecule has 1 aromatic carbocycles. The van der Waals surface area contributed by atoms with Crippen molar-refractivity contribution in [3.63, 3.8) is 0 Å². The lowest BCUT2D eigenvalue weighted by atomic mass is 10.1. The predicted octanol–water partition coefficient (Wildman–Crippen LogP) is 3.31. The van der Waals surface area contributed by atoms with Crippen molar-refractivity contribution in [1.82, 2.24) is 4.98 Å². The Kier molecular flexibility index (Phi) is 4.72. The van der Waals surface area contributed by atoms with Gasteiger partial charge in [-0.25, -0.2) is 4.39 Å². The van der Waals surface area contributed by atoms with Crippen LogP contribution in [0.1, 0.15) is 12.5 Å². The SMILES string of the molecule is CCNc1cncc(NCCc2cccc(F)c2)c1. The average molecular weight is 259 g/mol. The molecular formula is C15H18FN3. The third-order valence-corrected chi connectivity index (χ3v) is 2.75. The van der Waals surface area contributed by atoms with Crippen molar-refractivity contribution < 1.29 is 4.39 Å². The highest BCUT2D eigenvalue weighted by atomic mass is 19.1. The lowest BCUT2D eigenvalue weighted by molar-refractivity contribution is 0.625. The van der Waals surface area contributed by atoms with Gasteiger partial charge in [0.2, 0.25) is 0 Å². The maximum absolute atomic E-state index is 13.0. The van der Waals surface area contributed by atoms with Crippen LogP contribution in [0.15, 0.2) is 42.7 Å². The highest BCUT2D eigenvalue weighted by Gasteiger charge is 1.98. The Balaban J connectivity index is 1.87. The molecule has 19 heavy (non-hydrogen) atoms. The second kappa shape index (κ2) is 6.73. The zero-order chi connectivity index (χ0) is 13.5. The first-order chi connectivity index (χ1) is 9.28. The third-order valence-electron chi connectivity index (χ3n) is 2.75. The van der Waals surface area contributed by atoms with Crippen LogP contribution in [0.4, 0.5) is 15.8 Å². The highest BCUT2D eigenvalue weighted by molar-refractivity contribution is 5.53. The number of benzene rings is 1. The first kappa shape index (κ1) is 13.3. The summed E-state index contributed by atoms with van der Waals surface area (Å²) in [6.45, 7) is 3.67. The molecule has 2 N–H and O–H groups in total. The fourth-order valence-electron chi connectivity index (χ4n) is 1.88. The molecule has 0 aliphatic rings. The van der Waals surface area contributed by atoms with Crippen molar-refractivity contribution in [2.75, 3.05) is 23.7 Å². The summed E-state index contributed by atoms with van der Waals surface area (Å²) >= 11 is 0. The summed E-state index contributed by atoms with van der Waals surface area (Å²) in [5, 5.41) is 6.50. The van der Waals surface area contributed by atoms with Crippen molar-refractivity contribution in [3.05, 3.63) is 54.1 Å². The van der Waals surface area contributed by atoms with Gasteiger partial charge in [0.1, 0.15) is 5.82 Å². The van der Waals surface area contributed by atoms with E-state index in [2.05, 4.69) is 15.6 Å². The van der Waals surface area contributed by atoms with E-state index in [1.54, 1.807) is 24.5 Å². The quantitative estimate of drug-likeness (QED) is 0.835. The van der Waals surface area contributed by atoms with E-state index in [-0.39, 0.29) is 5.82 Å². The van der Waals surface area contributed by atoms with E-state index in [0.29, 0.717) is 0 Å². The Morgan fingerprint density at radius 2 is 1.89 bits per heavy atom. The minimum absolute atomic E-state index is 0.187. The summed E-state index contributed by atoms with van der Waals surface area (Å²) in [6, 6.07) is 8.70. The standard InChI is InChI=1S/C15H18FN3/c1-2-18-14-9-15(11-17-10-14)19-7-6-12-4-3-5-13(16)8-12/h3-5,8-11,18-19H,2,6-7H2,1H3. The number of aromatic nitrogens is 1. The molecule has 0 bridgehead atoms. The number of halogens is 1. The van der Waals surface area contributed by atoms with Gasteiger partial charge < -0.3 is 10.6 Å². The normalized spacial score (nSPS) is 10.2. The summed E-state index contributed by atoms with van der Waals surface area (Å²) < 4.78 is 13.0. The lowest BCUT2D eigenvalue weighted by Crippen LogP contribution is -2.06. The average Bonchev–Trinajstić information content (AvgIpc) is 2.40. The van der Waals surface area contributed by atoms with Crippen LogP contribution in [-0.2, 0) is 6.42 Å². The van der Waals surface area contributed by atoms with E-state index in [0.717, 1.165) is 36.4 Å². The molecule has 0 amide bonds.